The first-order valence-electron chi connectivity index (χ1n) is 6.32. The van der Waals surface area contributed by atoms with E-state index in [0.29, 0.717) is 12.5 Å². The molecule has 1 atom stereocenters. The van der Waals surface area contributed by atoms with Crippen LogP contribution in [0, 0.1) is 5.92 Å². The predicted octanol–water partition coefficient (Wildman–Crippen LogP) is 0.263. The normalized spacial score (nSPS) is 11.8. The molecule has 0 saturated heterocycles. The van der Waals surface area contributed by atoms with Crippen LogP contribution in [-0.2, 0) is 9.59 Å². The van der Waals surface area contributed by atoms with Gasteiger partial charge < -0.3 is 20.6 Å². The monoisotopic (exact) mass is 273 g/mol. The molecule has 0 aliphatic rings. The highest BCUT2D eigenvalue weighted by Crippen LogP contribution is 1.93. The molecule has 0 radical (unpaired) electrons. The molecule has 19 heavy (non-hydrogen) atoms. The van der Waals surface area contributed by atoms with E-state index in [9.17, 15) is 14.4 Å². The molecule has 110 valence electrons. The number of amides is 3. The zero-order chi connectivity index (χ0) is 15.0. The fourth-order valence-electron chi connectivity index (χ4n) is 1.29. The summed E-state index contributed by atoms with van der Waals surface area (Å²) in [7, 11) is 0. The zero-order valence-corrected chi connectivity index (χ0v) is 11.9. The molecule has 1 unspecified atom stereocenters. The van der Waals surface area contributed by atoms with Gasteiger partial charge in [-0.05, 0) is 19.8 Å². The Balaban J connectivity index is 4.29. The number of likely N-dealkylation sites (N-methyl/N-ethyl adjacent to an activating group) is 1. The summed E-state index contributed by atoms with van der Waals surface area (Å²) in [5, 5.41) is 13.8. The number of nitrogens with zero attached hydrogens (tertiary/aromatic N) is 1. The molecular formula is C12H23N3O4. The molecule has 0 fully saturated rings. The maximum Gasteiger partial charge on any atom is 0.323 e. The lowest BCUT2D eigenvalue weighted by atomic mass is 10.2. The Morgan fingerprint density at radius 3 is 2.21 bits per heavy atom. The van der Waals surface area contributed by atoms with Crippen molar-refractivity contribution >= 4 is 17.9 Å². The van der Waals surface area contributed by atoms with Crippen molar-refractivity contribution in [3.8, 4) is 0 Å². The van der Waals surface area contributed by atoms with Crippen molar-refractivity contribution in [2.45, 2.75) is 33.7 Å². The van der Waals surface area contributed by atoms with E-state index in [4.69, 9.17) is 5.11 Å². The average molecular weight is 273 g/mol. The van der Waals surface area contributed by atoms with E-state index in [-0.39, 0.29) is 19.0 Å². The van der Waals surface area contributed by atoms with Crippen molar-refractivity contribution in [3.05, 3.63) is 0 Å². The Morgan fingerprint density at radius 2 is 1.79 bits per heavy atom. The maximum atomic E-state index is 11.7. The number of aliphatic carboxylic acids is 1. The van der Waals surface area contributed by atoms with Gasteiger partial charge in [0, 0.05) is 13.1 Å². The van der Waals surface area contributed by atoms with Gasteiger partial charge >= 0.3 is 12.0 Å². The molecule has 0 spiro atoms. The first-order valence-corrected chi connectivity index (χ1v) is 6.32. The van der Waals surface area contributed by atoms with Crippen LogP contribution in [0.15, 0.2) is 0 Å². The van der Waals surface area contributed by atoms with E-state index in [0.717, 1.165) is 4.90 Å². The highest BCUT2D eigenvalue weighted by molar-refractivity contribution is 5.87. The summed E-state index contributed by atoms with van der Waals surface area (Å²) in [6, 6.07) is -1.26. The Hall–Kier alpha value is -1.79. The van der Waals surface area contributed by atoms with Crippen LogP contribution >= 0.6 is 0 Å². The number of urea groups is 1. The molecule has 3 N–H and O–H groups in total. The fraction of sp³-hybridized carbons (Fsp3) is 0.750. The van der Waals surface area contributed by atoms with Crippen LogP contribution in [0.3, 0.4) is 0 Å². The van der Waals surface area contributed by atoms with Crippen LogP contribution in [0.1, 0.15) is 27.7 Å². The lowest BCUT2D eigenvalue weighted by Gasteiger charge is -2.22. The van der Waals surface area contributed by atoms with Crippen LogP contribution in [0.25, 0.3) is 0 Å². The first-order chi connectivity index (χ1) is 8.77. The van der Waals surface area contributed by atoms with E-state index >= 15 is 0 Å². The summed E-state index contributed by atoms with van der Waals surface area (Å²) in [6.07, 6.45) is 0. The minimum Gasteiger partial charge on any atom is -0.480 e. The third-order valence-electron chi connectivity index (χ3n) is 2.41. The summed E-state index contributed by atoms with van der Waals surface area (Å²) in [5.41, 5.74) is 0. The summed E-state index contributed by atoms with van der Waals surface area (Å²) >= 11 is 0. The van der Waals surface area contributed by atoms with Crippen molar-refractivity contribution in [2.75, 3.05) is 19.6 Å². The summed E-state index contributed by atoms with van der Waals surface area (Å²) in [4.78, 5) is 35.1. The average Bonchev–Trinajstić information content (AvgIpc) is 2.32. The van der Waals surface area contributed by atoms with Gasteiger partial charge in [-0.25, -0.2) is 4.79 Å². The van der Waals surface area contributed by atoms with Gasteiger partial charge in [-0.15, -0.1) is 0 Å². The number of carboxylic acids is 1. The molecule has 0 saturated carbocycles. The number of rotatable bonds is 7. The van der Waals surface area contributed by atoms with Crippen molar-refractivity contribution in [2.24, 2.45) is 5.92 Å². The zero-order valence-electron chi connectivity index (χ0n) is 11.9. The number of carboxylic acid groups (broad SMARTS) is 1. The second-order valence-electron chi connectivity index (χ2n) is 4.72. The van der Waals surface area contributed by atoms with Crippen molar-refractivity contribution in [1.82, 2.24) is 15.5 Å². The Kier molecular flexibility index (Phi) is 7.55. The van der Waals surface area contributed by atoms with Gasteiger partial charge in [0.25, 0.3) is 0 Å². The largest absolute Gasteiger partial charge is 0.480 e. The summed E-state index contributed by atoms with van der Waals surface area (Å²) in [5.74, 6) is -1.05. The molecule has 0 aromatic rings. The Bertz CT molecular complexity index is 331. The molecule has 0 rings (SSSR count). The standard InChI is InChI=1S/C12H23N3O4/c1-5-15(7-10(16)17)12(19)14-9(4)11(18)13-6-8(2)3/h8-9H,5-7H2,1-4H3,(H,13,18)(H,14,19)(H,16,17). The minimum atomic E-state index is -1.09. The molecule has 0 bridgehead atoms. The van der Waals surface area contributed by atoms with Crippen LogP contribution in [-0.4, -0.2) is 53.6 Å². The van der Waals surface area contributed by atoms with Crippen LogP contribution in [0.5, 0.6) is 0 Å². The molecule has 0 aliphatic heterocycles. The van der Waals surface area contributed by atoms with Crippen molar-refractivity contribution < 1.29 is 19.5 Å². The first kappa shape index (κ1) is 17.2. The predicted molar refractivity (Wildman–Crippen MR) is 70.7 cm³/mol. The highest BCUT2D eigenvalue weighted by atomic mass is 16.4. The van der Waals surface area contributed by atoms with Gasteiger partial charge in [-0.3, -0.25) is 9.59 Å². The lowest BCUT2D eigenvalue weighted by molar-refractivity contribution is -0.137. The lowest BCUT2D eigenvalue weighted by Crippen LogP contribution is -2.51. The summed E-state index contributed by atoms with van der Waals surface area (Å²) in [6.45, 7) is 7.57. The molecule has 3 amide bonds. The van der Waals surface area contributed by atoms with E-state index in [1.165, 1.54) is 0 Å². The third-order valence-corrected chi connectivity index (χ3v) is 2.41. The van der Waals surface area contributed by atoms with Gasteiger partial charge in [0.1, 0.15) is 12.6 Å². The fourth-order valence-corrected chi connectivity index (χ4v) is 1.29. The molecule has 0 aromatic heterocycles. The summed E-state index contributed by atoms with van der Waals surface area (Å²) < 4.78 is 0. The van der Waals surface area contributed by atoms with E-state index in [1.54, 1.807) is 13.8 Å². The van der Waals surface area contributed by atoms with Gasteiger partial charge in [-0.2, -0.15) is 0 Å². The highest BCUT2D eigenvalue weighted by Gasteiger charge is 2.20. The Labute approximate surface area is 113 Å². The van der Waals surface area contributed by atoms with Gasteiger partial charge in [-0.1, -0.05) is 13.8 Å². The second kappa shape index (κ2) is 8.34. The second-order valence-corrected chi connectivity index (χ2v) is 4.72. The van der Waals surface area contributed by atoms with Crippen molar-refractivity contribution in [3.63, 3.8) is 0 Å². The molecule has 7 heteroatoms. The van der Waals surface area contributed by atoms with Gasteiger partial charge in [0.15, 0.2) is 0 Å². The smallest absolute Gasteiger partial charge is 0.323 e. The van der Waals surface area contributed by atoms with E-state index in [1.807, 2.05) is 13.8 Å². The van der Waals surface area contributed by atoms with Crippen LogP contribution in [0.4, 0.5) is 4.79 Å². The van der Waals surface area contributed by atoms with E-state index < -0.39 is 18.0 Å². The van der Waals surface area contributed by atoms with Crippen LogP contribution in [0.2, 0.25) is 0 Å². The number of hydrogen-bond acceptors (Lipinski definition) is 3. The minimum absolute atomic E-state index is 0.262. The third kappa shape index (κ3) is 7.28. The maximum absolute atomic E-state index is 11.7. The molecular weight excluding hydrogens is 250 g/mol. The number of carbonyl (C=O) groups is 3. The molecule has 0 heterocycles. The number of carbonyl (C=O) groups excluding carboxylic acids is 2. The van der Waals surface area contributed by atoms with Gasteiger partial charge in [0.2, 0.25) is 5.91 Å². The Morgan fingerprint density at radius 1 is 1.21 bits per heavy atom. The molecule has 7 nitrogen and oxygen atoms in total. The number of nitrogens with one attached hydrogen (secondary N) is 2. The van der Waals surface area contributed by atoms with E-state index in [2.05, 4.69) is 10.6 Å². The molecule has 0 aliphatic carbocycles. The van der Waals surface area contributed by atoms with Crippen LogP contribution < -0.4 is 10.6 Å². The van der Waals surface area contributed by atoms with Crippen molar-refractivity contribution in [1.29, 1.82) is 0 Å². The SMILES string of the molecule is CCN(CC(=O)O)C(=O)NC(C)C(=O)NCC(C)C. The topological polar surface area (TPSA) is 98.7 Å². The molecule has 0 aromatic carbocycles. The van der Waals surface area contributed by atoms with Gasteiger partial charge in [0.05, 0.1) is 0 Å². The number of hydrogen-bond donors (Lipinski definition) is 3. The quantitative estimate of drug-likeness (QED) is 0.619.